The van der Waals surface area contributed by atoms with Gasteiger partial charge in [-0.2, -0.15) is 5.10 Å². The fraction of sp³-hybridized carbons (Fsp3) is 0.500. The van der Waals surface area contributed by atoms with Crippen molar-refractivity contribution in [3.8, 4) is 0 Å². The van der Waals surface area contributed by atoms with E-state index < -0.39 is 18.3 Å². The summed E-state index contributed by atoms with van der Waals surface area (Å²) in [6.45, 7) is 2.30. The number of carboxylic acids is 1. The summed E-state index contributed by atoms with van der Waals surface area (Å²) in [4.78, 5) is 21.4. The average molecular weight is 225 g/mol. The lowest BCUT2D eigenvalue weighted by Gasteiger charge is -2.02. The molecule has 0 radical (unpaired) electrons. The standard InChI is InChI=1S/C10H15N3O3/c1-3-8-7(6-13(2)12-8)5-11-9(14)4-10(15)16/h6H,3-5H2,1-2H3,(H,11,14)(H,15,16). The molecule has 1 heterocycles. The predicted molar refractivity (Wildman–Crippen MR) is 56.7 cm³/mol. The first-order chi connectivity index (χ1) is 7.52. The number of carboxylic acid groups (broad SMARTS) is 1. The summed E-state index contributed by atoms with van der Waals surface area (Å²) in [5.74, 6) is -1.61. The quantitative estimate of drug-likeness (QED) is 0.695. The van der Waals surface area contributed by atoms with Crippen LogP contribution in [0.4, 0.5) is 0 Å². The number of aromatic nitrogens is 2. The average Bonchev–Trinajstić information content (AvgIpc) is 2.55. The van der Waals surface area contributed by atoms with Gasteiger partial charge in [-0.15, -0.1) is 0 Å². The fourth-order valence-electron chi connectivity index (χ4n) is 1.42. The Morgan fingerprint density at radius 1 is 1.56 bits per heavy atom. The van der Waals surface area contributed by atoms with Gasteiger partial charge in [-0.25, -0.2) is 0 Å². The minimum Gasteiger partial charge on any atom is -0.481 e. The van der Waals surface area contributed by atoms with Crippen LogP contribution in [0.1, 0.15) is 24.6 Å². The molecule has 0 saturated heterocycles. The summed E-state index contributed by atoms with van der Waals surface area (Å²) in [5.41, 5.74) is 1.84. The van der Waals surface area contributed by atoms with Gasteiger partial charge in [0, 0.05) is 25.4 Å². The maximum absolute atomic E-state index is 11.1. The number of rotatable bonds is 5. The Morgan fingerprint density at radius 2 is 2.25 bits per heavy atom. The molecule has 1 aromatic heterocycles. The van der Waals surface area contributed by atoms with Gasteiger partial charge in [0.1, 0.15) is 6.42 Å². The lowest BCUT2D eigenvalue weighted by Crippen LogP contribution is -2.25. The molecule has 0 spiro atoms. The lowest BCUT2D eigenvalue weighted by atomic mass is 10.2. The van der Waals surface area contributed by atoms with Gasteiger partial charge in [-0.3, -0.25) is 14.3 Å². The van der Waals surface area contributed by atoms with Crippen LogP contribution in [-0.2, 0) is 29.6 Å². The minimum atomic E-state index is -1.13. The Labute approximate surface area is 93.3 Å². The molecule has 88 valence electrons. The maximum Gasteiger partial charge on any atom is 0.312 e. The monoisotopic (exact) mass is 225 g/mol. The van der Waals surface area contributed by atoms with Gasteiger partial charge >= 0.3 is 5.97 Å². The highest BCUT2D eigenvalue weighted by molar-refractivity contribution is 5.93. The first-order valence-corrected chi connectivity index (χ1v) is 5.02. The van der Waals surface area contributed by atoms with Crippen molar-refractivity contribution >= 4 is 11.9 Å². The van der Waals surface area contributed by atoms with Crippen LogP contribution < -0.4 is 5.32 Å². The van der Waals surface area contributed by atoms with E-state index >= 15 is 0 Å². The van der Waals surface area contributed by atoms with Gasteiger partial charge in [0.15, 0.2) is 0 Å². The van der Waals surface area contributed by atoms with Crippen LogP contribution in [0, 0.1) is 0 Å². The zero-order valence-corrected chi connectivity index (χ0v) is 9.36. The first-order valence-electron chi connectivity index (χ1n) is 5.02. The third-order valence-electron chi connectivity index (χ3n) is 2.11. The lowest BCUT2D eigenvalue weighted by molar-refractivity contribution is -0.140. The molecule has 0 bridgehead atoms. The third kappa shape index (κ3) is 3.38. The SMILES string of the molecule is CCc1nn(C)cc1CNC(=O)CC(=O)O. The van der Waals surface area contributed by atoms with Gasteiger partial charge in [0.05, 0.1) is 5.69 Å². The molecule has 0 saturated carbocycles. The second kappa shape index (κ2) is 5.29. The van der Waals surface area contributed by atoms with Gasteiger partial charge in [-0.1, -0.05) is 6.92 Å². The van der Waals surface area contributed by atoms with E-state index in [0.717, 1.165) is 17.7 Å². The van der Waals surface area contributed by atoms with Crippen molar-refractivity contribution in [2.45, 2.75) is 26.3 Å². The van der Waals surface area contributed by atoms with E-state index in [2.05, 4.69) is 10.4 Å². The van der Waals surface area contributed by atoms with Gasteiger partial charge < -0.3 is 10.4 Å². The van der Waals surface area contributed by atoms with E-state index in [4.69, 9.17) is 5.11 Å². The first kappa shape index (κ1) is 12.2. The highest BCUT2D eigenvalue weighted by atomic mass is 16.4. The number of hydrogen-bond donors (Lipinski definition) is 2. The van der Waals surface area contributed by atoms with E-state index in [1.165, 1.54) is 0 Å². The molecule has 0 aliphatic rings. The normalized spacial score (nSPS) is 10.1. The molecule has 0 unspecified atom stereocenters. The Morgan fingerprint density at radius 3 is 2.81 bits per heavy atom. The van der Waals surface area contributed by atoms with Crippen molar-refractivity contribution in [1.82, 2.24) is 15.1 Å². The second-order valence-corrected chi connectivity index (χ2v) is 3.48. The van der Waals surface area contributed by atoms with Crippen LogP contribution in [0.15, 0.2) is 6.20 Å². The zero-order valence-electron chi connectivity index (χ0n) is 9.36. The molecule has 16 heavy (non-hydrogen) atoms. The van der Waals surface area contributed by atoms with Crippen LogP contribution in [0.5, 0.6) is 0 Å². The van der Waals surface area contributed by atoms with E-state index in [1.807, 2.05) is 20.2 Å². The number of amides is 1. The molecule has 6 heteroatoms. The summed E-state index contributed by atoms with van der Waals surface area (Å²) in [6, 6.07) is 0. The number of aliphatic carboxylic acids is 1. The molecule has 0 aromatic carbocycles. The molecule has 0 aliphatic heterocycles. The largest absolute Gasteiger partial charge is 0.481 e. The van der Waals surface area contributed by atoms with Crippen LogP contribution in [0.2, 0.25) is 0 Å². The molecular weight excluding hydrogens is 210 g/mol. The highest BCUT2D eigenvalue weighted by Gasteiger charge is 2.09. The summed E-state index contributed by atoms with van der Waals surface area (Å²) < 4.78 is 1.68. The number of aryl methyl sites for hydroxylation is 2. The Balaban J connectivity index is 2.53. The molecule has 0 fully saturated rings. The third-order valence-corrected chi connectivity index (χ3v) is 2.11. The number of nitrogens with one attached hydrogen (secondary N) is 1. The number of carbonyl (C=O) groups is 2. The fourth-order valence-corrected chi connectivity index (χ4v) is 1.42. The Bertz CT molecular complexity index is 398. The molecule has 1 aromatic rings. The minimum absolute atomic E-state index is 0.323. The molecule has 0 aliphatic carbocycles. The topological polar surface area (TPSA) is 84.2 Å². The van der Waals surface area contributed by atoms with Gasteiger partial charge in [-0.05, 0) is 6.42 Å². The van der Waals surface area contributed by atoms with Crippen LogP contribution in [-0.4, -0.2) is 26.8 Å². The molecule has 1 rings (SSSR count). The van der Waals surface area contributed by atoms with E-state index in [1.54, 1.807) is 4.68 Å². The van der Waals surface area contributed by atoms with Gasteiger partial charge in [0.25, 0.3) is 0 Å². The van der Waals surface area contributed by atoms with E-state index in [9.17, 15) is 9.59 Å². The number of carbonyl (C=O) groups excluding carboxylic acids is 1. The summed E-state index contributed by atoms with van der Waals surface area (Å²) >= 11 is 0. The maximum atomic E-state index is 11.1. The molecular formula is C10H15N3O3. The predicted octanol–water partition coefficient (Wildman–Crippen LogP) is 0.0734. The van der Waals surface area contributed by atoms with Crippen molar-refractivity contribution in [2.75, 3.05) is 0 Å². The second-order valence-electron chi connectivity index (χ2n) is 3.48. The summed E-state index contributed by atoms with van der Waals surface area (Å²) in [6.07, 6.45) is 2.10. The highest BCUT2D eigenvalue weighted by Crippen LogP contribution is 2.06. The van der Waals surface area contributed by atoms with Crippen LogP contribution in [0.3, 0.4) is 0 Å². The number of hydrogen-bond acceptors (Lipinski definition) is 3. The van der Waals surface area contributed by atoms with Crippen LogP contribution in [0.25, 0.3) is 0 Å². The van der Waals surface area contributed by atoms with Crippen molar-refractivity contribution in [3.63, 3.8) is 0 Å². The zero-order chi connectivity index (χ0) is 12.1. The van der Waals surface area contributed by atoms with Crippen LogP contribution >= 0.6 is 0 Å². The van der Waals surface area contributed by atoms with Crippen molar-refractivity contribution < 1.29 is 14.7 Å². The summed E-state index contributed by atoms with van der Waals surface area (Å²) in [7, 11) is 1.81. The smallest absolute Gasteiger partial charge is 0.312 e. The van der Waals surface area contributed by atoms with Crippen molar-refractivity contribution in [1.29, 1.82) is 0 Å². The van der Waals surface area contributed by atoms with E-state index in [0.29, 0.717) is 6.54 Å². The molecule has 1 amide bonds. The van der Waals surface area contributed by atoms with E-state index in [-0.39, 0.29) is 0 Å². The van der Waals surface area contributed by atoms with Gasteiger partial charge in [0.2, 0.25) is 5.91 Å². The summed E-state index contributed by atoms with van der Waals surface area (Å²) in [5, 5.41) is 15.2. The molecule has 6 nitrogen and oxygen atoms in total. The number of nitrogens with zero attached hydrogens (tertiary/aromatic N) is 2. The van der Waals surface area contributed by atoms with Crippen molar-refractivity contribution in [2.24, 2.45) is 7.05 Å². The van der Waals surface area contributed by atoms with Crippen molar-refractivity contribution in [3.05, 3.63) is 17.5 Å². The molecule has 2 N–H and O–H groups in total. The Hall–Kier alpha value is -1.85. The Kier molecular flexibility index (Phi) is 4.04. The molecule has 0 atom stereocenters.